The Morgan fingerprint density at radius 2 is 2.23 bits per heavy atom. The first kappa shape index (κ1) is 15.9. The minimum absolute atomic E-state index is 0.208. The summed E-state index contributed by atoms with van der Waals surface area (Å²) in [6.45, 7) is 2.70. The van der Waals surface area contributed by atoms with Gasteiger partial charge < -0.3 is 9.64 Å². The Hall–Kier alpha value is -0.960. The minimum Gasteiger partial charge on any atom is -0.496 e. The lowest BCUT2D eigenvalue weighted by atomic mass is 10.2. The monoisotopic (exact) mass is 359 g/mol. The third-order valence-corrected chi connectivity index (χ3v) is 6.57. The fourth-order valence-electron chi connectivity index (χ4n) is 2.73. The summed E-state index contributed by atoms with van der Waals surface area (Å²) >= 11 is 3.41. The van der Waals surface area contributed by atoms with Gasteiger partial charge in [-0.25, -0.2) is 0 Å². The van der Waals surface area contributed by atoms with Crippen LogP contribution in [0.3, 0.4) is 0 Å². The fraction of sp³-hybridized carbons (Fsp3) is 0.429. The smallest absolute Gasteiger partial charge is 0.264 e. The van der Waals surface area contributed by atoms with Crippen molar-refractivity contribution >= 4 is 49.0 Å². The molecule has 1 aromatic heterocycles. The third-order valence-electron chi connectivity index (χ3n) is 3.69. The van der Waals surface area contributed by atoms with Gasteiger partial charge in [0.2, 0.25) is 0 Å². The van der Waals surface area contributed by atoms with Gasteiger partial charge in [-0.3, -0.25) is 4.55 Å². The molecule has 22 heavy (non-hydrogen) atoms. The van der Waals surface area contributed by atoms with E-state index in [9.17, 15) is 8.42 Å². The standard InChI is InChI=1S/C14H17NO4S3/c1-9-15(5-3-7-22(16,17)18)13-12(21-9)8-11(19-2)10-4-6-20-14(10)13/h4,6,8-9H,3,5,7H2,1-2H3,(H,16,17,18). The Kier molecular flexibility index (Phi) is 4.28. The Morgan fingerprint density at radius 3 is 2.91 bits per heavy atom. The Bertz CT molecular complexity index is 800. The van der Waals surface area contributed by atoms with Crippen LogP contribution in [0.1, 0.15) is 13.3 Å². The normalized spacial score (nSPS) is 18.0. The van der Waals surface area contributed by atoms with Crippen molar-refractivity contribution in [2.45, 2.75) is 23.6 Å². The quantitative estimate of drug-likeness (QED) is 0.825. The highest BCUT2D eigenvalue weighted by molar-refractivity contribution is 8.00. The second-order valence-corrected chi connectivity index (χ2v) is 8.99. The first-order chi connectivity index (χ1) is 10.4. The summed E-state index contributed by atoms with van der Waals surface area (Å²) in [6, 6.07) is 4.09. The molecule has 0 saturated heterocycles. The zero-order chi connectivity index (χ0) is 15.9. The van der Waals surface area contributed by atoms with Crippen LogP contribution in [0, 0.1) is 0 Å². The summed E-state index contributed by atoms with van der Waals surface area (Å²) in [5, 5.41) is 3.35. The number of hydrogen-bond donors (Lipinski definition) is 1. The van der Waals surface area contributed by atoms with Crippen molar-refractivity contribution in [2.24, 2.45) is 0 Å². The molecule has 0 saturated carbocycles. The van der Waals surface area contributed by atoms with Crippen LogP contribution in [0.4, 0.5) is 5.69 Å². The number of fused-ring (bicyclic) bond motifs is 3. The van der Waals surface area contributed by atoms with E-state index in [1.807, 2.05) is 17.5 Å². The molecule has 1 atom stereocenters. The summed E-state index contributed by atoms with van der Waals surface area (Å²) in [7, 11) is -2.23. The molecular weight excluding hydrogens is 342 g/mol. The molecule has 8 heteroatoms. The number of ether oxygens (including phenoxy) is 1. The summed E-state index contributed by atoms with van der Waals surface area (Å²) < 4.78 is 37.3. The molecular formula is C14H17NO4S3. The van der Waals surface area contributed by atoms with E-state index in [0.29, 0.717) is 13.0 Å². The highest BCUT2D eigenvalue weighted by atomic mass is 32.2. The van der Waals surface area contributed by atoms with E-state index in [1.54, 1.807) is 30.2 Å². The number of methoxy groups -OCH3 is 1. The van der Waals surface area contributed by atoms with Gasteiger partial charge in [0.1, 0.15) is 5.75 Å². The molecule has 1 unspecified atom stereocenters. The molecule has 2 aromatic rings. The van der Waals surface area contributed by atoms with Crippen LogP contribution in [-0.2, 0) is 10.1 Å². The molecule has 0 aliphatic carbocycles. The van der Waals surface area contributed by atoms with Gasteiger partial charge >= 0.3 is 0 Å². The van der Waals surface area contributed by atoms with Gasteiger partial charge in [0, 0.05) is 16.8 Å². The Morgan fingerprint density at radius 1 is 1.45 bits per heavy atom. The van der Waals surface area contributed by atoms with Crippen molar-refractivity contribution in [1.82, 2.24) is 0 Å². The molecule has 0 spiro atoms. The number of anilines is 1. The van der Waals surface area contributed by atoms with Gasteiger partial charge in [0.25, 0.3) is 10.1 Å². The zero-order valence-corrected chi connectivity index (χ0v) is 14.7. The van der Waals surface area contributed by atoms with Crippen molar-refractivity contribution in [2.75, 3.05) is 24.3 Å². The van der Waals surface area contributed by atoms with Gasteiger partial charge in [-0.05, 0) is 30.9 Å². The van der Waals surface area contributed by atoms with Crippen molar-refractivity contribution < 1.29 is 17.7 Å². The fourth-order valence-corrected chi connectivity index (χ4v) is 5.48. The molecule has 0 amide bonds. The van der Waals surface area contributed by atoms with Gasteiger partial charge in [0.15, 0.2) is 0 Å². The van der Waals surface area contributed by atoms with Crippen molar-refractivity contribution in [3.8, 4) is 5.75 Å². The largest absolute Gasteiger partial charge is 0.496 e. The number of hydrogen-bond acceptors (Lipinski definition) is 6. The molecule has 0 fully saturated rings. The molecule has 120 valence electrons. The maximum Gasteiger partial charge on any atom is 0.264 e. The minimum atomic E-state index is -3.90. The summed E-state index contributed by atoms with van der Waals surface area (Å²) in [5.74, 6) is 0.662. The lowest BCUT2D eigenvalue weighted by molar-refractivity contribution is 0.419. The van der Waals surface area contributed by atoms with E-state index in [4.69, 9.17) is 9.29 Å². The van der Waals surface area contributed by atoms with Gasteiger partial charge in [0.05, 0.1) is 28.6 Å². The van der Waals surface area contributed by atoms with E-state index < -0.39 is 10.1 Å². The summed E-state index contributed by atoms with van der Waals surface area (Å²) in [6.07, 6.45) is 0.405. The average molecular weight is 359 g/mol. The van der Waals surface area contributed by atoms with Crippen molar-refractivity contribution in [1.29, 1.82) is 0 Å². The zero-order valence-electron chi connectivity index (χ0n) is 12.3. The lowest BCUT2D eigenvalue weighted by Crippen LogP contribution is -2.29. The van der Waals surface area contributed by atoms with Crippen LogP contribution < -0.4 is 9.64 Å². The van der Waals surface area contributed by atoms with Gasteiger partial charge in [-0.1, -0.05) is 11.8 Å². The molecule has 3 rings (SSSR count). The summed E-state index contributed by atoms with van der Waals surface area (Å²) in [4.78, 5) is 3.37. The lowest BCUT2D eigenvalue weighted by Gasteiger charge is -2.24. The Balaban J connectivity index is 1.95. The molecule has 1 aromatic carbocycles. The molecule has 1 N–H and O–H groups in total. The molecule has 1 aliphatic heterocycles. The van der Waals surface area contributed by atoms with E-state index >= 15 is 0 Å². The third kappa shape index (κ3) is 2.92. The second-order valence-electron chi connectivity index (χ2n) is 5.14. The SMILES string of the molecule is COc1cc2c(c3sccc13)N(CCCS(=O)(=O)O)C(C)S2. The maximum atomic E-state index is 10.9. The maximum absolute atomic E-state index is 10.9. The van der Waals surface area contributed by atoms with Gasteiger partial charge in [-0.2, -0.15) is 8.42 Å². The van der Waals surface area contributed by atoms with Gasteiger partial charge in [-0.15, -0.1) is 11.3 Å². The average Bonchev–Trinajstić information content (AvgIpc) is 3.01. The molecule has 5 nitrogen and oxygen atoms in total. The van der Waals surface area contributed by atoms with Crippen LogP contribution in [0.25, 0.3) is 10.1 Å². The van der Waals surface area contributed by atoms with E-state index in [0.717, 1.165) is 26.4 Å². The number of benzene rings is 1. The number of thiophene rings is 1. The van der Waals surface area contributed by atoms with Crippen LogP contribution >= 0.6 is 23.1 Å². The van der Waals surface area contributed by atoms with Crippen LogP contribution in [0.5, 0.6) is 5.75 Å². The number of rotatable bonds is 5. The summed E-state index contributed by atoms with van der Waals surface area (Å²) in [5.41, 5.74) is 1.15. The first-order valence-electron chi connectivity index (χ1n) is 6.87. The van der Waals surface area contributed by atoms with Crippen LogP contribution in [0.15, 0.2) is 22.4 Å². The predicted octanol–water partition coefficient (Wildman–Crippen LogP) is 3.45. The highest BCUT2D eigenvalue weighted by Gasteiger charge is 2.30. The van der Waals surface area contributed by atoms with Crippen molar-refractivity contribution in [3.63, 3.8) is 0 Å². The second kappa shape index (κ2) is 5.92. The van der Waals surface area contributed by atoms with Crippen molar-refractivity contribution in [3.05, 3.63) is 17.5 Å². The Labute approximate surface area is 138 Å². The topological polar surface area (TPSA) is 66.8 Å². The highest BCUT2D eigenvalue weighted by Crippen LogP contribution is 2.51. The van der Waals surface area contributed by atoms with E-state index in [-0.39, 0.29) is 11.1 Å². The number of nitrogens with zero attached hydrogens (tertiary/aromatic N) is 1. The van der Waals surface area contributed by atoms with E-state index in [1.165, 1.54) is 0 Å². The number of thioether (sulfide) groups is 1. The molecule has 2 heterocycles. The molecule has 0 radical (unpaired) electrons. The first-order valence-corrected chi connectivity index (χ1v) is 10.2. The molecule has 1 aliphatic rings. The van der Waals surface area contributed by atoms with Crippen LogP contribution in [-0.4, -0.2) is 37.8 Å². The van der Waals surface area contributed by atoms with E-state index in [2.05, 4.69) is 11.8 Å². The predicted molar refractivity (Wildman–Crippen MR) is 92.1 cm³/mol. The van der Waals surface area contributed by atoms with Crippen LogP contribution in [0.2, 0.25) is 0 Å². The molecule has 0 bridgehead atoms.